The molecular formula is C23H20FN3. The number of fused-ring (bicyclic) bond motifs is 5. The molecule has 4 aromatic rings. The van der Waals surface area contributed by atoms with Crippen molar-refractivity contribution in [1.29, 1.82) is 0 Å². The van der Waals surface area contributed by atoms with E-state index >= 15 is 0 Å². The average Bonchev–Trinajstić information content (AvgIpc) is 3.02. The van der Waals surface area contributed by atoms with Crippen molar-refractivity contribution >= 4 is 16.7 Å². The van der Waals surface area contributed by atoms with E-state index in [-0.39, 0.29) is 5.82 Å². The van der Waals surface area contributed by atoms with E-state index in [1.165, 1.54) is 23.3 Å². The number of nitrogens with zero attached hydrogens (tertiary/aromatic N) is 2. The van der Waals surface area contributed by atoms with Crippen LogP contribution in [0.15, 0.2) is 60.7 Å². The summed E-state index contributed by atoms with van der Waals surface area (Å²) in [6, 6.07) is 19.2. The Morgan fingerprint density at radius 1 is 0.963 bits per heavy atom. The first-order chi connectivity index (χ1) is 13.0. The molecule has 1 aromatic heterocycles. The first-order valence-electron chi connectivity index (χ1n) is 9.11. The number of aromatic nitrogens is 2. The molecule has 0 bridgehead atoms. The minimum atomic E-state index is -0.576. The summed E-state index contributed by atoms with van der Waals surface area (Å²) in [6.45, 7) is 6.35. The molecule has 3 aromatic carbocycles. The fourth-order valence-electron chi connectivity index (χ4n) is 4.05. The van der Waals surface area contributed by atoms with Gasteiger partial charge in [0.25, 0.3) is 0 Å². The number of para-hydroxylation sites is 1. The number of nitrogens with one attached hydrogen (secondary N) is 1. The maximum absolute atomic E-state index is 13.6. The number of imidazole rings is 1. The van der Waals surface area contributed by atoms with Crippen molar-refractivity contribution in [2.75, 3.05) is 5.32 Å². The van der Waals surface area contributed by atoms with Gasteiger partial charge in [-0.25, -0.2) is 9.37 Å². The number of rotatable bonds is 1. The van der Waals surface area contributed by atoms with Crippen LogP contribution in [0.5, 0.6) is 0 Å². The first-order valence-corrected chi connectivity index (χ1v) is 9.11. The number of halogens is 1. The van der Waals surface area contributed by atoms with Crippen LogP contribution in [-0.2, 0) is 5.66 Å². The van der Waals surface area contributed by atoms with E-state index in [4.69, 9.17) is 4.98 Å². The van der Waals surface area contributed by atoms with Crippen molar-refractivity contribution in [1.82, 2.24) is 9.55 Å². The van der Waals surface area contributed by atoms with E-state index in [0.29, 0.717) is 0 Å². The van der Waals surface area contributed by atoms with Crippen molar-refractivity contribution in [3.63, 3.8) is 0 Å². The summed E-state index contributed by atoms with van der Waals surface area (Å²) in [7, 11) is 0. The molecule has 0 radical (unpaired) electrons. The van der Waals surface area contributed by atoms with Gasteiger partial charge < -0.3 is 5.32 Å². The largest absolute Gasteiger partial charge is 0.358 e. The van der Waals surface area contributed by atoms with Crippen molar-refractivity contribution in [2.45, 2.75) is 26.4 Å². The molecule has 0 amide bonds. The zero-order valence-corrected chi connectivity index (χ0v) is 15.5. The lowest BCUT2D eigenvalue weighted by Crippen LogP contribution is -2.42. The maximum atomic E-state index is 13.6. The Balaban J connectivity index is 1.89. The zero-order valence-electron chi connectivity index (χ0n) is 15.5. The lowest BCUT2D eigenvalue weighted by molar-refractivity contribution is 0.462. The lowest BCUT2D eigenvalue weighted by Gasteiger charge is -2.40. The Kier molecular flexibility index (Phi) is 3.23. The predicted octanol–water partition coefficient (Wildman–Crippen LogP) is 5.61. The van der Waals surface area contributed by atoms with Gasteiger partial charge >= 0.3 is 0 Å². The van der Waals surface area contributed by atoms with Gasteiger partial charge in [-0.15, -0.1) is 0 Å². The Hall–Kier alpha value is -3.14. The molecule has 1 N–H and O–H groups in total. The minimum absolute atomic E-state index is 0.235. The van der Waals surface area contributed by atoms with Gasteiger partial charge in [0.2, 0.25) is 0 Å². The van der Waals surface area contributed by atoms with E-state index < -0.39 is 5.66 Å². The van der Waals surface area contributed by atoms with E-state index in [9.17, 15) is 4.39 Å². The van der Waals surface area contributed by atoms with Crippen LogP contribution in [0.1, 0.15) is 23.6 Å². The maximum Gasteiger partial charge on any atom is 0.145 e. The van der Waals surface area contributed by atoms with Crippen LogP contribution < -0.4 is 5.32 Å². The molecule has 2 heterocycles. The summed E-state index contributed by atoms with van der Waals surface area (Å²) in [6.07, 6.45) is 0. The molecule has 0 aliphatic carbocycles. The molecular weight excluding hydrogens is 337 g/mol. The van der Waals surface area contributed by atoms with Gasteiger partial charge in [0.05, 0.1) is 11.0 Å². The highest BCUT2D eigenvalue weighted by Gasteiger charge is 2.37. The lowest BCUT2D eigenvalue weighted by atomic mass is 9.95. The van der Waals surface area contributed by atoms with Crippen LogP contribution in [0, 0.1) is 19.7 Å². The van der Waals surface area contributed by atoms with Gasteiger partial charge in [-0.3, -0.25) is 4.57 Å². The molecule has 0 spiro atoms. The fraction of sp³-hybridized carbons (Fsp3) is 0.174. The second-order valence-electron chi connectivity index (χ2n) is 7.45. The standard InChI is InChI=1S/C23H20FN3/c1-14-12-20-21(13-15(14)2)27-22(25-20)18-6-4-5-7-19(18)26-23(27,3)16-8-10-17(24)11-9-16/h4-13,26H,1-3H3. The highest BCUT2D eigenvalue weighted by atomic mass is 19.1. The average molecular weight is 357 g/mol. The van der Waals surface area contributed by atoms with Gasteiger partial charge in [-0.2, -0.15) is 0 Å². The van der Waals surface area contributed by atoms with Crippen LogP contribution in [0.4, 0.5) is 10.1 Å². The second-order valence-corrected chi connectivity index (χ2v) is 7.45. The van der Waals surface area contributed by atoms with Crippen molar-refractivity contribution < 1.29 is 4.39 Å². The second kappa shape index (κ2) is 5.43. The third-order valence-corrected chi connectivity index (χ3v) is 5.67. The first kappa shape index (κ1) is 16.1. The van der Waals surface area contributed by atoms with Crippen LogP contribution in [0.3, 0.4) is 0 Å². The number of hydrogen-bond donors (Lipinski definition) is 1. The van der Waals surface area contributed by atoms with Crippen molar-refractivity contribution in [3.8, 4) is 11.4 Å². The van der Waals surface area contributed by atoms with Crippen molar-refractivity contribution in [3.05, 3.63) is 83.2 Å². The molecule has 5 rings (SSSR count). The smallest absolute Gasteiger partial charge is 0.145 e. The molecule has 27 heavy (non-hydrogen) atoms. The molecule has 0 saturated heterocycles. The van der Waals surface area contributed by atoms with Crippen LogP contribution >= 0.6 is 0 Å². The molecule has 3 nitrogen and oxygen atoms in total. The molecule has 1 atom stereocenters. The van der Waals surface area contributed by atoms with Gasteiger partial charge in [-0.1, -0.05) is 24.3 Å². The third-order valence-electron chi connectivity index (χ3n) is 5.67. The summed E-state index contributed by atoms with van der Waals surface area (Å²) in [5.41, 5.74) is 7.00. The molecule has 4 heteroatoms. The predicted molar refractivity (Wildman–Crippen MR) is 107 cm³/mol. The summed E-state index contributed by atoms with van der Waals surface area (Å²) in [5.74, 6) is 0.692. The topological polar surface area (TPSA) is 29.9 Å². The normalized spacial score (nSPS) is 18.1. The van der Waals surface area contributed by atoms with E-state index in [1.807, 2.05) is 24.3 Å². The van der Waals surface area contributed by atoms with Crippen LogP contribution in [0.2, 0.25) is 0 Å². The Labute approximate surface area is 157 Å². The van der Waals surface area contributed by atoms with Gasteiger partial charge in [-0.05, 0) is 73.9 Å². The number of aryl methyl sites for hydroxylation is 2. The Morgan fingerprint density at radius 3 is 2.44 bits per heavy atom. The monoisotopic (exact) mass is 357 g/mol. The fourth-order valence-corrected chi connectivity index (χ4v) is 4.05. The number of hydrogen-bond acceptors (Lipinski definition) is 2. The summed E-state index contributed by atoms with van der Waals surface area (Å²) in [5, 5.41) is 3.68. The van der Waals surface area contributed by atoms with Crippen LogP contribution in [-0.4, -0.2) is 9.55 Å². The Bertz CT molecular complexity index is 1190. The van der Waals surface area contributed by atoms with Crippen molar-refractivity contribution in [2.24, 2.45) is 0 Å². The minimum Gasteiger partial charge on any atom is -0.358 e. The molecule has 1 unspecified atom stereocenters. The third kappa shape index (κ3) is 2.23. The zero-order chi connectivity index (χ0) is 18.8. The molecule has 1 aliphatic heterocycles. The van der Waals surface area contributed by atoms with E-state index in [1.54, 1.807) is 0 Å². The van der Waals surface area contributed by atoms with Gasteiger partial charge in [0, 0.05) is 11.3 Å². The molecule has 0 saturated carbocycles. The molecule has 134 valence electrons. The van der Waals surface area contributed by atoms with Crippen LogP contribution in [0.25, 0.3) is 22.4 Å². The molecule has 1 aliphatic rings. The SMILES string of the molecule is Cc1cc2nc3n(c2cc1C)C(C)(c1ccc(F)cc1)Nc1ccccc1-3. The van der Waals surface area contributed by atoms with Gasteiger partial charge in [0.15, 0.2) is 0 Å². The van der Waals surface area contributed by atoms with Gasteiger partial charge in [0.1, 0.15) is 17.3 Å². The quantitative estimate of drug-likeness (QED) is 0.480. The summed E-state index contributed by atoms with van der Waals surface area (Å²) < 4.78 is 15.8. The highest BCUT2D eigenvalue weighted by Crippen LogP contribution is 2.43. The van der Waals surface area contributed by atoms with E-state index in [2.05, 4.69) is 54.9 Å². The highest BCUT2D eigenvalue weighted by molar-refractivity contribution is 5.88. The summed E-state index contributed by atoms with van der Waals surface area (Å²) in [4.78, 5) is 4.98. The summed E-state index contributed by atoms with van der Waals surface area (Å²) >= 11 is 0. The molecule has 0 fully saturated rings. The number of anilines is 1. The Morgan fingerprint density at radius 2 is 1.67 bits per heavy atom. The number of benzene rings is 3. The van der Waals surface area contributed by atoms with E-state index in [0.717, 1.165) is 33.7 Å².